The van der Waals surface area contributed by atoms with Gasteiger partial charge in [-0.15, -0.1) is 0 Å². The highest BCUT2D eigenvalue weighted by molar-refractivity contribution is 7.08. The first-order valence-electron chi connectivity index (χ1n) is 7.44. The molecule has 0 aliphatic carbocycles. The van der Waals surface area contributed by atoms with Crippen molar-refractivity contribution in [2.75, 3.05) is 0 Å². The maximum atomic E-state index is 13.7. The largest absolute Gasteiger partial charge is 0.460 e. The van der Waals surface area contributed by atoms with Crippen LogP contribution in [0.25, 0.3) is 0 Å². The Kier molecular flexibility index (Phi) is 7.79. The number of alkyl halides is 17. The first-order chi connectivity index (χ1) is 13.1. The topological polar surface area (TPSA) is 0 Å². The zero-order valence-electron chi connectivity index (χ0n) is 14.7. The van der Waals surface area contributed by atoms with Gasteiger partial charge >= 0.3 is 47.3 Å². The quantitative estimate of drug-likeness (QED) is 0.165. The SMILES string of the molecule is CC(C)C[SiH](Cl)C(F)(F)C(F)(F)C(F)(F)C(F)(F)C(F)(F)C(F)(F)C(F)(F)C(F)(F)F. The summed E-state index contributed by atoms with van der Waals surface area (Å²) in [4.78, 5) is 0. The van der Waals surface area contributed by atoms with Gasteiger partial charge in [-0.1, -0.05) is 13.8 Å². The molecule has 1 atom stereocenters. The van der Waals surface area contributed by atoms with Gasteiger partial charge in [-0.25, -0.2) is 8.78 Å². The molecule has 0 amide bonds. The van der Waals surface area contributed by atoms with Gasteiger partial charge in [0.25, 0.3) is 0 Å². The van der Waals surface area contributed by atoms with Gasteiger partial charge < -0.3 is 0 Å². The predicted molar refractivity (Wildman–Crippen MR) is 73.3 cm³/mol. The maximum absolute atomic E-state index is 13.7. The van der Waals surface area contributed by atoms with Crippen LogP contribution in [0.3, 0.4) is 0 Å². The van der Waals surface area contributed by atoms with E-state index in [2.05, 4.69) is 0 Å². The van der Waals surface area contributed by atoms with Crippen LogP contribution in [0.4, 0.5) is 74.6 Å². The Hall–Kier alpha value is -0.683. The van der Waals surface area contributed by atoms with Gasteiger partial charge in [0, 0.05) is 0 Å². The number of hydrogen-bond acceptors (Lipinski definition) is 0. The molecule has 0 bridgehead atoms. The lowest BCUT2D eigenvalue weighted by atomic mass is 9.91. The second-order valence-corrected chi connectivity index (χ2v) is 10.4. The minimum absolute atomic E-state index is 0.997. The molecule has 0 spiro atoms. The number of rotatable bonds is 9. The van der Waals surface area contributed by atoms with E-state index in [9.17, 15) is 74.6 Å². The van der Waals surface area contributed by atoms with Crippen molar-refractivity contribution in [3.8, 4) is 0 Å². The molecule has 0 fully saturated rings. The standard InChI is InChI=1S/C12H10ClF17Si/c1-4(2)3-31(13)12(29,30)10(24,25)8(20,21)6(16,17)5(14,15)7(18,19)9(22,23)11(26,27)28/h4,31H,3H2,1-2H3. The molecular formula is C12H10ClF17Si. The first kappa shape index (κ1) is 30.3. The van der Waals surface area contributed by atoms with E-state index in [0.29, 0.717) is 0 Å². The summed E-state index contributed by atoms with van der Waals surface area (Å²) < 4.78 is 222. The van der Waals surface area contributed by atoms with Crippen LogP contribution in [0.5, 0.6) is 0 Å². The zero-order chi connectivity index (χ0) is 25.9. The molecule has 19 heteroatoms. The van der Waals surface area contributed by atoms with Crippen molar-refractivity contribution in [3.05, 3.63) is 0 Å². The summed E-state index contributed by atoms with van der Waals surface area (Å²) in [6, 6.07) is -1.22. The highest BCUT2D eigenvalue weighted by atomic mass is 35.6. The van der Waals surface area contributed by atoms with Crippen molar-refractivity contribution in [2.24, 2.45) is 5.92 Å². The highest BCUT2D eigenvalue weighted by Crippen LogP contribution is 2.64. The Morgan fingerprint density at radius 3 is 1.03 bits per heavy atom. The summed E-state index contributed by atoms with van der Waals surface area (Å²) in [6.45, 7) is 1.99. The third-order valence-corrected chi connectivity index (χ3v) is 7.68. The number of hydrogen-bond donors (Lipinski definition) is 0. The minimum Gasteiger partial charge on any atom is -0.204 e. The van der Waals surface area contributed by atoms with Crippen LogP contribution in [0, 0.1) is 5.92 Å². The van der Waals surface area contributed by atoms with E-state index < -0.39 is 67.3 Å². The molecule has 0 rings (SSSR count). The molecular weight excluding hydrogens is 531 g/mol. The lowest BCUT2D eigenvalue weighted by Crippen LogP contribution is -2.75. The van der Waals surface area contributed by atoms with E-state index in [4.69, 9.17) is 11.1 Å². The molecule has 0 aromatic rings. The second-order valence-electron chi connectivity index (χ2n) is 6.66. The first-order valence-corrected chi connectivity index (χ1v) is 10.6. The van der Waals surface area contributed by atoms with Crippen LogP contribution in [-0.2, 0) is 0 Å². The molecule has 31 heavy (non-hydrogen) atoms. The molecule has 0 aromatic heterocycles. The van der Waals surface area contributed by atoms with Crippen LogP contribution >= 0.6 is 11.1 Å². The van der Waals surface area contributed by atoms with E-state index in [-0.39, 0.29) is 0 Å². The summed E-state index contributed by atoms with van der Waals surface area (Å²) in [6.07, 6.45) is -7.76. The highest BCUT2D eigenvalue weighted by Gasteiger charge is 2.95. The van der Waals surface area contributed by atoms with Gasteiger partial charge in [-0.3, -0.25) is 0 Å². The van der Waals surface area contributed by atoms with Gasteiger partial charge in [0.15, 0.2) is 0 Å². The Balaban J connectivity index is 6.69. The second kappa shape index (κ2) is 7.97. The molecule has 0 saturated heterocycles. The molecule has 0 aliphatic rings. The smallest absolute Gasteiger partial charge is 0.204 e. The molecule has 0 saturated carbocycles. The monoisotopic (exact) mass is 540 g/mol. The molecule has 0 aromatic carbocycles. The van der Waals surface area contributed by atoms with Crippen molar-refractivity contribution in [1.82, 2.24) is 0 Å². The summed E-state index contributed by atoms with van der Waals surface area (Å²) in [7, 11) is -5.11. The Morgan fingerprint density at radius 1 is 0.516 bits per heavy atom. The average Bonchev–Trinajstić information content (AvgIpc) is 2.51. The normalized spacial score (nSPS) is 17.3. The Bertz CT molecular complexity index is 638. The van der Waals surface area contributed by atoms with Gasteiger partial charge in [0.05, 0.1) is 0 Å². The average molecular weight is 541 g/mol. The fourth-order valence-electron chi connectivity index (χ4n) is 1.93. The maximum Gasteiger partial charge on any atom is 0.460 e. The summed E-state index contributed by atoms with van der Waals surface area (Å²) in [5.74, 6) is -50.8. The van der Waals surface area contributed by atoms with Crippen molar-refractivity contribution >= 4 is 19.2 Å². The predicted octanol–water partition coefficient (Wildman–Crippen LogP) is 7.15. The van der Waals surface area contributed by atoms with Crippen LogP contribution in [0.15, 0.2) is 0 Å². The molecule has 0 aliphatic heterocycles. The van der Waals surface area contributed by atoms with Crippen LogP contribution in [0.2, 0.25) is 6.04 Å². The van der Waals surface area contributed by atoms with Gasteiger partial charge in [0.2, 0.25) is 8.11 Å². The molecule has 0 nitrogen and oxygen atoms in total. The van der Waals surface area contributed by atoms with E-state index in [1.54, 1.807) is 0 Å². The molecule has 0 heterocycles. The summed E-state index contributed by atoms with van der Waals surface area (Å²) >= 11 is 4.87. The molecule has 0 radical (unpaired) electrons. The third-order valence-electron chi connectivity index (χ3n) is 3.82. The Labute approximate surface area is 168 Å². The van der Waals surface area contributed by atoms with Gasteiger partial charge in [-0.2, -0.15) is 76.9 Å². The van der Waals surface area contributed by atoms with Crippen LogP contribution in [0.1, 0.15) is 13.8 Å². The van der Waals surface area contributed by atoms with E-state index >= 15 is 0 Å². The molecule has 188 valence electrons. The lowest BCUT2D eigenvalue weighted by molar-refractivity contribution is -0.458. The van der Waals surface area contributed by atoms with Crippen molar-refractivity contribution in [3.63, 3.8) is 0 Å². The van der Waals surface area contributed by atoms with Crippen LogP contribution < -0.4 is 0 Å². The summed E-state index contributed by atoms with van der Waals surface area (Å²) in [5, 5.41) is 0. The van der Waals surface area contributed by atoms with E-state index in [1.807, 2.05) is 0 Å². The van der Waals surface area contributed by atoms with Crippen molar-refractivity contribution < 1.29 is 74.6 Å². The fourth-order valence-corrected chi connectivity index (χ4v) is 5.11. The van der Waals surface area contributed by atoms with E-state index in [0.717, 1.165) is 13.8 Å². The minimum atomic E-state index is -8.61. The Morgan fingerprint density at radius 2 is 0.774 bits per heavy atom. The summed E-state index contributed by atoms with van der Waals surface area (Å²) in [5.41, 5.74) is -6.41. The number of halogens is 18. The zero-order valence-corrected chi connectivity index (χ0v) is 16.6. The fraction of sp³-hybridized carbons (Fsp3) is 1.00. The van der Waals surface area contributed by atoms with Gasteiger partial charge in [0.1, 0.15) is 0 Å². The molecule has 0 N–H and O–H groups in total. The van der Waals surface area contributed by atoms with Crippen molar-refractivity contribution in [1.29, 1.82) is 0 Å². The van der Waals surface area contributed by atoms with Gasteiger partial charge in [-0.05, 0) is 12.0 Å². The molecule has 1 unspecified atom stereocenters. The lowest BCUT2D eigenvalue weighted by Gasteiger charge is -2.43. The van der Waals surface area contributed by atoms with Crippen molar-refractivity contribution in [2.45, 2.75) is 67.1 Å². The van der Waals surface area contributed by atoms with E-state index in [1.165, 1.54) is 0 Å². The van der Waals surface area contributed by atoms with Crippen LogP contribution in [-0.4, -0.2) is 55.4 Å². The third kappa shape index (κ3) is 4.18.